The minimum atomic E-state index is -0.171. The first-order valence-electron chi connectivity index (χ1n) is 8.69. The number of hydrogen-bond acceptors (Lipinski definition) is 3. The number of benzene rings is 1. The molecular weight excluding hydrogens is 338 g/mol. The Kier molecular flexibility index (Phi) is 6.83. The van der Waals surface area contributed by atoms with Crippen molar-refractivity contribution in [3.05, 3.63) is 34.9 Å². The molecule has 25 heavy (non-hydrogen) atoms. The molecule has 0 bridgehead atoms. The summed E-state index contributed by atoms with van der Waals surface area (Å²) in [6, 6.07) is 9.05. The Morgan fingerprint density at radius 3 is 2.44 bits per heavy atom. The van der Waals surface area contributed by atoms with Crippen molar-refractivity contribution in [1.82, 2.24) is 9.80 Å². The van der Waals surface area contributed by atoms with Crippen LogP contribution in [-0.2, 0) is 4.79 Å². The van der Waals surface area contributed by atoms with Crippen LogP contribution in [0.3, 0.4) is 0 Å². The van der Waals surface area contributed by atoms with Gasteiger partial charge in [-0.3, -0.25) is 9.59 Å². The number of nitriles is 1. The Balaban J connectivity index is 1.92. The fraction of sp³-hybridized carbons (Fsp3) is 0.526. The van der Waals surface area contributed by atoms with Gasteiger partial charge in [-0.1, -0.05) is 11.6 Å². The smallest absolute Gasteiger partial charge is 0.253 e. The second-order valence-corrected chi connectivity index (χ2v) is 6.92. The number of likely N-dealkylation sites (tertiary alicyclic amines) is 1. The molecule has 6 heteroatoms. The largest absolute Gasteiger partial charge is 0.341 e. The first-order valence-corrected chi connectivity index (χ1v) is 9.07. The zero-order chi connectivity index (χ0) is 18.4. The van der Waals surface area contributed by atoms with Crippen molar-refractivity contribution in [2.24, 2.45) is 11.8 Å². The Bertz CT molecular complexity index is 646. The van der Waals surface area contributed by atoms with Crippen LogP contribution in [0.5, 0.6) is 0 Å². The lowest BCUT2D eigenvalue weighted by Crippen LogP contribution is -2.45. The summed E-state index contributed by atoms with van der Waals surface area (Å²) in [7, 11) is 0. The molecule has 0 unspecified atom stereocenters. The first-order chi connectivity index (χ1) is 12.0. The zero-order valence-corrected chi connectivity index (χ0v) is 15.5. The van der Waals surface area contributed by atoms with Crippen LogP contribution in [0.15, 0.2) is 24.3 Å². The lowest BCUT2D eigenvalue weighted by atomic mass is 9.94. The summed E-state index contributed by atoms with van der Waals surface area (Å²) >= 11 is 5.86. The molecule has 1 fully saturated rings. The summed E-state index contributed by atoms with van der Waals surface area (Å²) in [6.45, 7) is 5.97. The highest BCUT2D eigenvalue weighted by Gasteiger charge is 2.30. The van der Waals surface area contributed by atoms with E-state index in [1.54, 1.807) is 34.1 Å². The summed E-state index contributed by atoms with van der Waals surface area (Å²) < 4.78 is 0. The van der Waals surface area contributed by atoms with Gasteiger partial charge in [-0.25, -0.2) is 0 Å². The molecule has 5 nitrogen and oxygen atoms in total. The number of carbonyl (C=O) groups excluding carboxylic acids is 2. The van der Waals surface area contributed by atoms with E-state index in [2.05, 4.69) is 6.07 Å². The molecule has 1 heterocycles. The van der Waals surface area contributed by atoms with Crippen LogP contribution in [0.1, 0.15) is 37.0 Å². The molecule has 2 amide bonds. The third-order valence-corrected chi connectivity index (χ3v) is 4.88. The van der Waals surface area contributed by atoms with Crippen LogP contribution >= 0.6 is 11.6 Å². The van der Waals surface area contributed by atoms with Crippen molar-refractivity contribution in [3.63, 3.8) is 0 Å². The molecule has 0 saturated carbocycles. The number of carbonyl (C=O) groups is 2. The van der Waals surface area contributed by atoms with E-state index in [1.807, 2.05) is 13.8 Å². The fourth-order valence-corrected chi connectivity index (χ4v) is 3.24. The first kappa shape index (κ1) is 19.3. The molecule has 1 aromatic rings. The van der Waals surface area contributed by atoms with Crippen molar-refractivity contribution in [1.29, 1.82) is 5.26 Å². The molecule has 2 rings (SSSR count). The Morgan fingerprint density at radius 2 is 1.92 bits per heavy atom. The van der Waals surface area contributed by atoms with Gasteiger partial charge in [-0.05, 0) is 51.0 Å². The molecule has 0 radical (unpaired) electrons. The summed E-state index contributed by atoms with van der Waals surface area (Å²) in [4.78, 5) is 28.7. The van der Waals surface area contributed by atoms with E-state index in [-0.39, 0.29) is 23.7 Å². The maximum absolute atomic E-state index is 12.7. The van der Waals surface area contributed by atoms with E-state index >= 15 is 0 Å². The van der Waals surface area contributed by atoms with Crippen molar-refractivity contribution in [2.75, 3.05) is 26.2 Å². The molecule has 0 aromatic heterocycles. The van der Waals surface area contributed by atoms with Crippen LogP contribution in [0.2, 0.25) is 5.02 Å². The molecular formula is C19H24ClN3O2. The molecule has 1 aliphatic heterocycles. The van der Waals surface area contributed by atoms with Crippen molar-refractivity contribution in [3.8, 4) is 6.07 Å². The van der Waals surface area contributed by atoms with Gasteiger partial charge in [-0.2, -0.15) is 5.26 Å². The highest BCUT2D eigenvalue weighted by molar-refractivity contribution is 6.30. The number of rotatable bonds is 5. The zero-order valence-electron chi connectivity index (χ0n) is 14.7. The molecule has 1 atom stereocenters. The quantitative estimate of drug-likeness (QED) is 0.808. The standard InChI is InChI=1S/C19H24ClN3O2/c1-3-22(13-14(2)12-21)18(24)16-8-10-23(11-9-16)19(25)15-4-6-17(20)7-5-15/h4-7,14,16H,3,8-11,13H2,1-2H3/t14-/m0/s1. The second kappa shape index (κ2) is 8.87. The lowest BCUT2D eigenvalue weighted by Gasteiger charge is -2.34. The van der Waals surface area contributed by atoms with Gasteiger partial charge in [0, 0.05) is 42.7 Å². The summed E-state index contributed by atoms with van der Waals surface area (Å²) in [5, 5.41) is 9.56. The van der Waals surface area contributed by atoms with Gasteiger partial charge in [0.1, 0.15) is 0 Å². The average Bonchev–Trinajstić information content (AvgIpc) is 2.65. The third kappa shape index (κ3) is 4.96. The summed E-state index contributed by atoms with van der Waals surface area (Å²) in [5.41, 5.74) is 0.618. The predicted octanol–water partition coefficient (Wildman–Crippen LogP) is 3.20. The third-order valence-electron chi connectivity index (χ3n) is 4.63. The Hall–Kier alpha value is -2.06. The van der Waals surface area contributed by atoms with E-state index in [9.17, 15) is 9.59 Å². The lowest BCUT2D eigenvalue weighted by molar-refractivity contribution is -0.137. The maximum atomic E-state index is 12.7. The number of piperidine rings is 1. The van der Waals surface area contributed by atoms with E-state index < -0.39 is 0 Å². The normalized spacial score (nSPS) is 16.2. The van der Waals surface area contributed by atoms with Crippen molar-refractivity contribution >= 4 is 23.4 Å². The Labute approximate surface area is 154 Å². The SMILES string of the molecule is CCN(C[C@@H](C)C#N)C(=O)C1CCN(C(=O)c2ccc(Cl)cc2)CC1. The van der Waals surface area contributed by atoms with Crippen LogP contribution in [0.4, 0.5) is 0 Å². The second-order valence-electron chi connectivity index (χ2n) is 6.48. The molecule has 1 aliphatic rings. The van der Waals surface area contributed by atoms with Gasteiger partial charge < -0.3 is 9.80 Å². The molecule has 0 aliphatic carbocycles. The minimum Gasteiger partial charge on any atom is -0.341 e. The number of nitrogens with zero attached hydrogens (tertiary/aromatic N) is 3. The van der Waals surface area contributed by atoms with E-state index in [0.717, 1.165) is 0 Å². The van der Waals surface area contributed by atoms with Gasteiger partial charge in [0.2, 0.25) is 5.91 Å². The summed E-state index contributed by atoms with van der Waals surface area (Å²) in [5.74, 6) is -0.160. The van der Waals surface area contributed by atoms with E-state index in [0.29, 0.717) is 49.6 Å². The van der Waals surface area contributed by atoms with Crippen molar-refractivity contribution < 1.29 is 9.59 Å². The van der Waals surface area contributed by atoms with Crippen LogP contribution in [-0.4, -0.2) is 47.8 Å². The fourth-order valence-electron chi connectivity index (χ4n) is 3.11. The molecule has 1 saturated heterocycles. The monoisotopic (exact) mass is 361 g/mol. The van der Waals surface area contributed by atoms with Gasteiger partial charge in [0.05, 0.1) is 12.0 Å². The average molecular weight is 362 g/mol. The van der Waals surface area contributed by atoms with Crippen molar-refractivity contribution in [2.45, 2.75) is 26.7 Å². The topological polar surface area (TPSA) is 64.4 Å². The van der Waals surface area contributed by atoms with Crippen LogP contribution in [0, 0.1) is 23.2 Å². The highest BCUT2D eigenvalue weighted by Crippen LogP contribution is 2.22. The number of amides is 2. The predicted molar refractivity (Wildman–Crippen MR) is 97.1 cm³/mol. The van der Waals surface area contributed by atoms with E-state index in [1.165, 1.54) is 0 Å². The van der Waals surface area contributed by atoms with Crippen LogP contribution in [0.25, 0.3) is 0 Å². The molecule has 0 N–H and O–H groups in total. The molecule has 1 aromatic carbocycles. The van der Waals surface area contributed by atoms with E-state index in [4.69, 9.17) is 16.9 Å². The molecule has 0 spiro atoms. The maximum Gasteiger partial charge on any atom is 0.253 e. The number of halogens is 1. The minimum absolute atomic E-state index is 0.0204. The molecule has 134 valence electrons. The van der Waals surface area contributed by atoms with Gasteiger partial charge in [0.25, 0.3) is 5.91 Å². The summed E-state index contributed by atoms with van der Waals surface area (Å²) in [6.07, 6.45) is 1.32. The highest BCUT2D eigenvalue weighted by atomic mass is 35.5. The van der Waals surface area contributed by atoms with Gasteiger partial charge in [-0.15, -0.1) is 0 Å². The van der Waals surface area contributed by atoms with Crippen LogP contribution < -0.4 is 0 Å². The Morgan fingerprint density at radius 1 is 1.32 bits per heavy atom. The van der Waals surface area contributed by atoms with Gasteiger partial charge >= 0.3 is 0 Å². The number of hydrogen-bond donors (Lipinski definition) is 0. The van der Waals surface area contributed by atoms with Gasteiger partial charge in [0.15, 0.2) is 0 Å².